The van der Waals surface area contributed by atoms with E-state index in [0.717, 1.165) is 43.8 Å². The van der Waals surface area contributed by atoms with Gasteiger partial charge in [-0.05, 0) is 24.6 Å². The highest BCUT2D eigenvalue weighted by Crippen LogP contribution is 2.27. The summed E-state index contributed by atoms with van der Waals surface area (Å²) in [5.74, 6) is -0.0792. The molecule has 0 aromatic carbocycles. The van der Waals surface area contributed by atoms with Crippen LogP contribution < -0.4 is 0 Å². The van der Waals surface area contributed by atoms with Crippen LogP contribution in [0.4, 0.5) is 0 Å². The van der Waals surface area contributed by atoms with Crippen LogP contribution in [-0.2, 0) is 9.22 Å². The van der Waals surface area contributed by atoms with Crippen LogP contribution in [0.25, 0.3) is 0 Å². The van der Waals surface area contributed by atoms with E-state index < -0.39 is 8.32 Å². The minimum Gasteiger partial charge on any atom is -0.519 e. The van der Waals surface area contributed by atoms with Gasteiger partial charge in [0.1, 0.15) is 0 Å². The maximum Gasteiger partial charge on any atom is 0.296 e. The third kappa shape index (κ3) is 5.68. The van der Waals surface area contributed by atoms with E-state index in [9.17, 15) is 4.79 Å². The largest absolute Gasteiger partial charge is 0.519 e. The van der Waals surface area contributed by atoms with E-state index in [0.29, 0.717) is 0 Å². The molecular weight excluding hydrogens is 216 g/mol. The van der Waals surface area contributed by atoms with E-state index in [-0.39, 0.29) is 5.97 Å². The van der Waals surface area contributed by atoms with Crippen molar-refractivity contribution in [2.45, 2.75) is 71.5 Å². The highest BCUT2D eigenvalue weighted by molar-refractivity contribution is 6.75. The van der Waals surface area contributed by atoms with Crippen molar-refractivity contribution in [2.24, 2.45) is 0 Å². The summed E-state index contributed by atoms with van der Waals surface area (Å²) in [5, 5.41) is 0. The van der Waals surface area contributed by atoms with E-state index >= 15 is 0 Å². The molecule has 0 amide bonds. The first kappa shape index (κ1) is 15.7. The van der Waals surface area contributed by atoms with Gasteiger partial charge in [0.2, 0.25) is 0 Å². The van der Waals surface area contributed by atoms with Gasteiger partial charge in [-0.3, -0.25) is 4.79 Å². The van der Waals surface area contributed by atoms with E-state index in [4.69, 9.17) is 4.43 Å². The molecule has 0 aromatic heterocycles. The second kappa shape index (κ2) is 8.80. The Labute approximate surface area is 102 Å². The Morgan fingerprint density at radius 1 is 1.00 bits per heavy atom. The van der Waals surface area contributed by atoms with Gasteiger partial charge in [0.05, 0.1) is 6.42 Å². The summed E-state index contributed by atoms with van der Waals surface area (Å²) >= 11 is 0. The first-order chi connectivity index (χ1) is 7.64. The summed E-state index contributed by atoms with van der Waals surface area (Å²) in [5.41, 5.74) is 0. The van der Waals surface area contributed by atoms with Crippen LogP contribution in [0.15, 0.2) is 0 Å². The standard InChI is InChI=1S/C13H27O2Si/c1-5-9-13(14)15-16(10-6-2,11-7-3)12-8-4/h9H,5-8,10-12H2,1-4H3. The highest BCUT2D eigenvalue weighted by Gasteiger charge is 2.35. The molecule has 3 heteroatoms. The summed E-state index contributed by atoms with van der Waals surface area (Å²) in [6, 6.07) is 3.37. The average Bonchev–Trinajstić information content (AvgIpc) is 2.18. The zero-order valence-electron chi connectivity index (χ0n) is 11.3. The molecule has 0 aliphatic heterocycles. The van der Waals surface area contributed by atoms with E-state index in [1.54, 1.807) is 6.42 Å². The fraction of sp³-hybridized carbons (Fsp3) is 0.846. The second-order valence-corrected chi connectivity index (χ2v) is 8.54. The number of carbonyl (C=O) groups is 1. The third-order valence-electron chi connectivity index (χ3n) is 2.80. The molecule has 0 aliphatic carbocycles. The molecule has 0 saturated carbocycles. The van der Waals surface area contributed by atoms with Crippen LogP contribution >= 0.6 is 0 Å². The molecule has 0 aromatic rings. The average molecular weight is 243 g/mol. The molecule has 95 valence electrons. The number of hydrogen-bond acceptors (Lipinski definition) is 2. The lowest BCUT2D eigenvalue weighted by atomic mass is 10.4. The third-order valence-corrected chi connectivity index (χ3v) is 7.67. The monoisotopic (exact) mass is 243 g/mol. The SMILES string of the molecule is CC[CH]C(=O)O[Si](CCC)(CCC)CCC. The molecular formula is C13H27O2Si. The smallest absolute Gasteiger partial charge is 0.296 e. The van der Waals surface area contributed by atoms with E-state index in [2.05, 4.69) is 20.8 Å². The lowest BCUT2D eigenvalue weighted by molar-refractivity contribution is -0.131. The quantitative estimate of drug-likeness (QED) is 0.564. The van der Waals surface area contributed by atoms with Crippen molar-refractivity contribution < 1.29 is 9.22 Å². The molecule has 0 atom stereocenters. The summed E-state index contributed by atoms with van der Waals surface area (Å²) in [4.78, 5) is 11.6. The van der Waals surface area contributed by atoms with Crippen molar-refractivity contribution in [3.8, 4) is 0 Å². The molecule has 0 N–H and O–H groups in total. The van der Waals surface area contributed by atoms with Crippen molar-refractivity contribution in [1.29, 1.82) is 0 Å². The Kier molecular flexibility index (Phi) is 8.62. The van der Waals surface area contributed by atoms with Gasteiger partial charge in [0, 0.05) is 0 Å². The Morgan fingerprint density at radius 2 is 1.44 bits per heavy atom. The minimum atomic E-state index is -1.78. The maximum absolute atomic E-state index is 11.6. The van der Waals surface area contributed by atoms with E-state index in [1.807, 2.05) is 6.92 Å². The van der Waals surface area contributed by atoms with Crippen LogP contribution in [0.3, 0.4) is 0 Å². The number of carbonyl (C=O) groups excluding carboxylic acids is 1. The van der Waals surface area contributed by atoms with Crippen molar-refractivity contribution in [3.63, 3.8) is 0 Å². The van der Waals surface area contributed by atoms with Gasteiger partial charge in [0.25, 0.3) is 14.3 Å². The zero-order valence-corrected chi connectivity index (χ0v) is 12.3. The first-order valence-electron chi connectivity index (χ1n) is 6.70. The predicted molar refractivity (Wildman–Crippen MR) is 71.7 cm³/mol. The van der Waals surface area contributed by atoms with Gasteiger partial charge in [0.15, 0.2) is 0 Å². The topological polar surface area (TPSA) is 26.3 Å². The van der Waals surface area contributed by atoms with Gasteiger partial charge < -0.3 is 4.43 Å². The van der Waals surface area contributed by atoms with Crippen molar-refractivity contribution in [2.75, 3.05) is 0 Å². The fourth-order valence-corrected chi connectivity index (χ4v) is 6.62. The molecule has 0 bridgehead atoms. The molecule has 0 heterocycles. The van der Waals surface area contributed by atoms with Crippen LogP contribution in [0.2, 0.25) is 18.1 Å². The van der Waals surface area contributed by atoms with Crippen LogP contribution in [-0.4, -0.2) is 14.3 Å². The second-order valence-electron chi connectivity index (χ2n) is 4.47. The van der Waals surface area contributed by atoms with Gasteiger partial charge in [-0.1, -0.05) is 47.0 Å². The molecule has 0 fully saturated rings. The van der Waals surface area contributed by atoms with Gasteiger partial charge in [-0.25, -0.2) is 0 Å². The summed E-state index contributed by atoms with van der Waals surface area (Å²) in [6.07, 6.45) is 5.83. The number of hydrogen-bond donors (Lipinski definition) is 0. The minimum absolute atomic E-state index is 0.0792. The zero-order chi connectivity index (χ0) is 12.4. The molecule has 2 nitrogen and oxygen atoms in total. The molecule has 0 rings (SSSR count). The van der Waals surface area contributed by atoms with Gasteiger partial charge in [-0.2, -0.15) is 0 Å². The van der Waals surface area contributed by atoms with Gasteiger partial charge >= 0.3 is 0 Å². The summed E-state index contributed by atoms with van der Waals surface area (Å²) in [6.45, 7) is 8.53. The lowest BCUT2D eigenvalue weighted by Gasteiger charge is -2.30. The van der Waals surface area contributed by atoms with Crippen molar-refractivity contribution >= 4 is 14.3 Å². The summed E-state index contributed by atoms with van der Waals surface area (Å²) < 4.78 is 5.84. The van der Waals surface area contributed by atoms with Crippen LogP contribution in [0.5, 0.6) is 0 Å². The van der Waals surface area contributed by atoms with Crippen LogP contribution in [0, 0.1) is 6.42 Å². The highest BCUT2D eigenvalue weighted by atomic mass is 28.4. The molecule has 0 spiro atoms. The summed E-state index contributed by atoms with van der Waals surface area (Å²) in [7, 11) is -1.78. The molecule has 1 radical (unpaired) electrons. The molecule has 0 aliphatic rings. The number of rotatable bonds is 9. The molecule has 16 heavy (non-hydrogen) atoms. The van der Waals surface area contributed by atoms with Crippen LogP contribution in [0.1, 0.15) is 53.4 Å². The fourth-order valence-electron chi connectivity index (χ4n) is 2.32. The predicted octanol–water partition coefficient (Wildman–Crippen LogP) is 4.32. The Morgan fingerprint density at radius 3 is 1.75 bits per heavy atom. The van der Waals surface area contributed by atoms with Crippen molar-refractivity contribution in [1.82, 2.24) is 0 Å². The first-order valence-corrected chi connectivity index (χ1v) is 9.23. The molecule has 0 unspecified atom stereocenters. The lowest BCUT2D eigenvalue weighted by Crippen LogP contribution is -2.40. The van der Waals surface area contributed by atoms with E-state index in [1.165, 1.54) is 0 Å². The maximum atomic E-state index is 11.6. The normalized spacial score (nSPS) is 11.5. The Bertz CT molecular complexity index is 175. The van der Waals surface area contributed by atoms with Crippen molar-refractivity contribution in [3.05, 3.63) is 6.42 Å². The van der Waals surface area contributed by atoms with Gasteiger partial charge in [-0.15, -0.1) is 0 Å². The Balaban J connectivity index is 4.51. The molecule has 0 saturated heterocycles. The Hall–Kier alpha value is -0.313.